The molecular weight excluding hydrogens is 238 g/mol. The average molecular weight is 253 g/mol. The minimum absolute atomic E-state index is 0.163. The Balaban J connectivity index is 2.23. The molecule has 0 aromatic carbocycles. The molecule has 0 aliphatic carbocycles. The first-order valence-electron chi connectivity index (χ1n) is 5.67. The minimum Gasteiger partial charge on any atom is -0.333 e. The van der Waals surface area contributed by atoms with Gasteiger partial charge in [0.25, 0.3) is 5.89 Å². The van der Waals surface area contributed by atoms with Crippen LogP contribution in [0.4, 0.5) is 0 Å². The minimum atomic E-state index is -0.163. The normalized spacial score (nSPS) is 12.9. The standard InChI is InChI=1S/C10H15N5OS/c1-3-5-6(11)9-12-10(16-14-9)8-7(4-2)13-15-17-8/h6H,3-5,11H2,1-2H3. The Morgan fingerprint density at radius 2 is 2.24 bits per heavy atom. The maximum atomic E-state index is 5.93. The van der Waals surface area contributed by atoms with Crippen molar-refractivity contribution in [1.29, 1.82) is 0 Å². The summed E-state index contributed by atoms with van der Waals surface area (Å²) >= 11 is 1.27. The summed E-state index contributed by atoms with van der Waals surface area (Å²) in [6, 6.07) is -0.163. The molecule has 1 atom stereocenters. The predicted octanol–water partition coefficient (Wildman–Crippen LogP) is 1.95. The van der Waals surface area contributed by atoms with Crippen LogP contribution in [0.1, 0.15) is 44.2 Å². The molecule has 1 unspecified atom stereocenters. The van der Waals surface area contributed by atoms with Gasteiger partial charge in [0.1, 0.15) is 4.88 Å². The molecule has 0 fully saturated rings. The van der Waals surface area contributed by atoms with Gasteiger partial charge in [0.05, 0.1) is 11.7 Å². The first-order chi connectivity index (χ1) is 8.26. The summed E-state index contributed by atoms with van der Waals surface area (Å²) in [5.74, 6) is 1.02. The fourth-order valence-corrected chi connectivity index (χ4v) is 2.19. The highest BCUT2D eigenvalue weighted by molar-refractivity contribution is 7.09. The van der Waals surface area contributed by atoms with Crippen molar-refractivity contribution in [2.24, 2.45) is 5.73 Å². The number of rotatable bonds is 5. The Hall–Kier alpha value is -1.34. The van der Waals surface area contributed by atoms with Crippen molar-refractivity contribution in [3.8, 4) is 10.8 Å². The van der Waals surface area contributed by atoms with E-state index < -0.39 is 0 Å². The molecule has 0 saturated carbocycles. The van der Waals surface area contributed by atoms with Crippen LogP contribution in [0, 0.1) is 0 Å². The fourth-order valence-electron chi connectivity index (χ4n) is 1.52. The number of aromatic nitrogens is 4. The van der Waals surface area contributed by atoms with Crippen LogP contribution in [0.15, 0.2) is 4.52 Å². The average Bonchev–Trinajstić information content (AvgIpc) is 2.97. The number of nitrogens with two attached hydrogens (primary N) is 1. The van der Waals surface area contributed by atoms with E-state index in [0.717, 1.165) is 29.8 Å². The Kier molecular flexibility index (Phi) is 3.80. The Bertz CT molecular complexity index is 481. The molecule has 0 amide bonds. The van der Waals surface area contributed by atoms with E-state index in [9.17, 15) is 0 Å². The van der Waals surface area contributed by atoms with Crippen LogP contribution in [-0.4, -0.2) is 19.7 Å². The van der Waals surface area contributed by atoms with Crippen LogP contribution in [0.5, 0.6) is 0 Å². The number of hydrogen-bond donors (Lipinski definition) is 1. The van der Waals surface area contributed by atoms with Gasteiger partial charge in [-0.3, -0.25) is 0 Å². The van der Waals surface area contributed by atoms with E-state index in [4.69, 9.17) is 10.3 Å². The zero-order chi connectivity index (χ0) is 12.3. The maximum absolute atomic E-state index is 5.93. The van der Waals surface area contributed by atoms with Gasteiger partial charge in [0, 0.05) is 0 Å². The SMILES string of the molecule is CCCC(N)c1noc(-c2snnc2CC)n1. The van der Waals surface area contributed by atoms with Gasteiger partial charge in [-0.1, -0.05) is 29.9 Å². The Morgan fingerprint density at radius 1 is 1.41 bits per heavy atom. The molecule has 2 heterocycles. The van der Waals surface area contributed by atoms with Crippen LogP contribution < -0.4 is 5.73 Å². The number of nitrogens with zero attached hydrogens (tertiary/aromatic N) is 4. The van der Waals surface area contributed by atoms with Crippen LogP contribution in [0.3, 0.4) is 0 Å². The lowest BCUT2D eigenvalue weighted by molar-refractivity contribution is 0.413. The van der Waals surface area contributed by atoms with E-state index in [1.807, 2.05) is 6.92 Å². The van der Waals surface area contributed by atoms with Crippen molar-refractivity contribution >= 4 is 11.5 Å². The molecule has 2 aromatic rings. The predicted molar refractivity (Wildman–Crippen MR) is 64.4 cm³/mol. The summed E-state index contributed by atoms with van der Waals surface area (Å²) in [6.45, 7) is 4.09. The van der Waals surface area contributed by atoms with E-state index in [2.05, 4.69) is 26.7 Å². The highest BCUT2D eigenvalue weighted by atomic mass is 32.1. The second kappa shape index (κ2) is 5.33. The third kappa shape index (κ3) is 2.50. The molecule has 0 saturated heterocycles. The third-order valence-electron chi connectivity index (χ3n) is 2.46. The van der Waals surface area contributed by atoms with Crippen molar-refractivity contribution in [3.63, 3.8) is 0 Å². The molecule has 17 heavy (non-hydrogen) atoms. The van der Waals surface area contributed by atoms with Crippen molar-refractivity contribution in [2.45, 2.75) is 39.2 Å². The first-order valence-corrected chi connectivity index (χ1v) is 6.44. The zero-order valence-electron chi connectivity index (χ0n) is 9.88. The summed E-state index contributed by atoms with van der Waals surface area (Å²) in [5.41, 5.74) is 6.81. The van der Waals surface area contributed by atoms with Crippen LogP contribution in [-0.2, 0) is 6.42 Å². The molecule has 0 bridgehead atoms. The zero-order valence-corrected chi connectivity index (χ0v) is 10.7. The van der Waals surface area contributed by atoms with E-state index in [1.165, 1.54) is 11.5 Å². The quantitative estimate of drug-likeness (QED) is 0.875. The van der Waals surface area contributed by atoms with Crippen LogP contribution in [0.2, 0.25) is 0 Å². The summed E-state index contributed by atoms with van der Waals surface area (Å²) < 4.78 is 9.10. The van der Waals surface area contributed by atoms with Crippen molar-refractivity contribution in [2.75, 3.05) is 0 Å². The van der Waals surface area contributed by atoms with Gasteiger partial charge >= 0.3 is 0 Å². The topological polar surface area (TPSA) is 90.7 Å². The van der Waals surface area contributed by atoms with E-state index in [-0.39, 0.29) is 6.04 Å². The number of hydrogen-bond acceptors (Lipinski definition) is 7. The molecule has 2 N–H and O–H groups in total. The summed E-state index contributed by atoms with van der Waals surface area (Å²) in [4.78, 5) is 5.15. The van der Waals surface area contributed by atoms with Crippen molar-refractivity contribution in [1.82, 2.24) is 19.7 Å². The molecule has 0 radical (unpaired) electrons. The lowest BCUT2D eigenvalue weighted by Crippen LogP contribution is -2.11. The smallest absolute Gasteiger partial charge is 0.271 e. The van der Waals surface area contributed by atoms with Crippen LogP contribution in [0.25, 0.3) is 10.8 Å². The molecule has 7 heteroatoms. The second-order valence-corrected chi connectivity index (χ2v) is 4.51. The third-order valence-corrected chi connectivity index (χ3v) is 3.21. The van der Waals surface area contributed by atoms with Crippen LogP contribution >= 0.6 is 11.5 Å². The van der Waals surface area contributed by atoms with Crippen molar-refractivity contribution in [3.05, 3.63) is 11.5 Å². The van der Waals surface area contributed by atoms with Gasteiger partial charge in [0.15, 0.2) is 5.82 Å². The largest absolute Gasteiger partial charge is 0.333 e. The number of aryl methyl sites for hydroxylation is 1. The fraction of sp³-hybridized carbons (Fsp3) is 0.600. The van der Waals surface area contributed by atoms with Gasteiger partial charge < -0.3 is 10.3 Å². The van der Waals surface area contributed by atoms with Gasteiger partial charge in [-0.2, -0.15) is 4.98 Å². The summed E-state index contributed by atoms with van der Waals surface area (Å²) in [7, 11) is 0. The second-order valence-electron chi connectivity index (χ2n) is 3.76. The molecular formula is C10H15N5OS. The maximum Gasteiger partial charge on any atom is 0.271 e. The van der Waals surface area contributed by atoms with Gasteiger partial charge in [0.2, 0.25) is 0 Å². The highest BCUT2D eigenvalue weighted by Gasteiger charge is 2.18. The molecule has 2 aromatic heterocycles. The van der Waals surface area contributed by atoms with Crippen molar-refractivity contribution < 1.29 is 4.52 Å². The Morgan fingerprint density at radius 3 is 2.94 bits per heavy atom. The van der Waals surface area contributed by atoms with E-state index in [1.54, 1.807) is 0 Å². The first kappa shape index (κ1) is 12.1. The molecule has 0 spiro atoms. The monoisotopic (exact) mass is 253 g/mol. The molecule has 0 aliphatic rings. The molecule has 2 rings (SSSR count). The van der Waals surface area contributed by atoms with Gasteiger partial charge in [-0.15, -0.1) is 5.10 Å². The molecule has 92 valence electrons. The van der Waals surface area contributed by atoms with Gasteiger partial charge in [-0.25, -0.2) is 0 Å². The summed E-state index contributed by atoms with van der Waals surface area (Å²) in [5, 5.41) is 7.92. The molecule has 6 nitrogen and oxygen atoms in total. The lowest BCUT2D eigenvalue weighted by Gasteiger charge is -2.02. The van der Waals surface area contributed by atoms with E-state index >= 15 is 0 Å². The van der Waals surface area contributed by atoms with Gasteiger partial charge in [-0.05, 0) is 24.4 Å². The summed E-state index contributed by atoms with van der Waals surface area (Å²) in [6.07, 6.45) is 2.64. The molecule has 0 aliphatic heterocycles. The van der Waals surface area contributed by atoms with E-state index in [0.29, 0.717) is 11.7 Å². The Labute approximate surface area is 103 Å². The lowest BCUT2D eigenvalue weighted by atomic mass is 10.2. The highest BCUT2D eigenvalue weighted by Crippen LogP contribution is 2.26.